The van der Waals surface area contributed by atoms with Crippen LogP contribution in [0.4, 0.5) is 0 Å². The Morgan fingerprint density at radius 3 is 1.88 bits per heavy atom. The van der Waals surface area contributed by atoms with Crippen molar-refractivity contribution < 1.29 is 28.9 Å². The maximum atomic E-state index is 12.4. The number of hydrogen-bond acceptors (Lipinski definition) is 6. The lowest BCUT2D eigenvalue weighted by atomic mass is 9.52. The van der Waals surface area contributed by atoms with Gasteiger partial charge in [0.25, 0.3) is 0 Å². The quantitative estimate of drug-likeness (QED) is 0.474. The van der Waals surface area contributed by atoms with E-state index in [-0.39, 0.29) is 17.5 Å². The summed E-state index contributed by atoms with van der Waals surface area (Å²) in [6, 6.07) is 0. The van der Waals surface area contributed by atoms with E-state index in [1.807, 2.05) is 48.5 Å². The first-order valence-electron chi connectivity index (χ1n) is 13.5. The molecule has 0 spiro atoms. The molecule has 4 aliphatic carbocycles. The number of carbonyl (C=O) groups is 2. The van der Waals surface area contributed by atoms with Crippen molar-refractivity contribution in [3.8, 4) is 0 Å². The van der Waals surface area contributed by atoms with Gasteiger partial charge in [-0.3, -0.25) is 9.59 Å². The average Bonchev–Trinajstić information content (AvgIpc) is 2.72. The van der Waals surface area contributed by atoms with E-state index in [9.17, 15) is 14.7 Å². The van der Waals surface area contributed by atoms with Gasteiger partial charge in [0.2, 0.25) is 5.79 Å². The normalized spacial score (nSPS) is 36.9. The van der Waals surface area contributed by atoms with Crippen molar-refractivity contribution in [2.75, 3.05) is 6.61 Å². The molecule has 1 N–H and O–H groups in total. The molecule has 5 rings (SSSR count). The first-order chi connectivity index (χ1) is 15.7. The van der Waals surface area contributed by atoms with E-state index in [4.69, 9.17) is 14.2 Å². The highest BCUT2D eigenvalue weighted by Gasteiger charge is 2.59. The van der Waals surface area contributed by atoms with E-state index in [1.165, 1.54) is 6.42 Å². The molecule has 3 atom stereocenters. The summed E-state index contributed by atoms with van der Waals surface area (Å²) in [7, 11) is 0. The zero-order valence-corrected chi connectivity index (χ0v) is 22.6. The van der Waals surface area contributed by atoms with Gasteiger partial charge in [-0.2, -0.15) is 0 Å². The molecule has 1 saturated heterocycles. The minimum absolute atomic E-state index is 0.0828. The summed E-state index contributed by atoms with van der Waals surface area (Å²) in [6.45, 7) is 14.3. The van der Waals surface area contributed by atoms with Crippen LogP contribution in [0.3, 0.4) is 0 Å². The zero-order valence-electron chi connectivity index (χ0n) is 22.6. The Hall–Kier alpha value is -1.14. The Morgan fingerprint density at radius 2 is 1.44 bits per heavy atom. The fourth-order valence-electron chi connectivity index (χ4n) is 6.20. The van der Waals surface area contributed by atoms with Crippen LogP contribution in [0.25, 0.3) is 0 Å². The third-order valence-electron chi connectivity index (χ3n) is 8.90. The molecular weight excluding hydrogens is 432 g/mol. The van der Waals surface area contributed by atoms with Crippen LogP contribution in [0.2, 0.25) is 0 Å². The van der Waals surface area contributed by atoms with Crippen molar-refractivity contribution in [2.24, 2.45) is 22.7 Å². The Bertz CT molecular complexity index is 734. The second kappa shape index (κ2) is 9.72. The van der Waals surface area contributed by atoms with Crippen LogP contribution in [0.15, 0.2) is 0 Å². The molecule has 0 aromatic rings. The Balaban J connectivity index is 0.000000197. The summed E-state index contributed by atoms with van der Waals surface area (Å²) in [5.41, 5.74) is -1.74. The molecule has 6 heteroatoms. The summed E-state index contributed by atoms with van der Waals surface area (Å²) < 4.78 is 17.0. The molecule has 34 heavy (non-hydrogen) atoms. The topological polar surface area (TPSA) is 82.1 Å². The predicted molar refractivity (Wildman–Crippen MR) is 131 cm³/mol. The van der Waals surface area contributed by atoms with E-state index in [1.54, 1.807) is 0 Å². The molecule has 6 nitrogen and oxygen atoms in total. The van der Waals surface area contributed by atoms with Crippen LogP contribution in [0.5, 0.6) is 0 Å². The summed E-state index contributed by atoms with van der Waals surface area (Å²) in [5.74, 6) is 0.185. The van der Waals surface area contributed by atoms with Crippen LogP contribution < -0.4 is 0 Å². The highest BCUT2D eigenvalue weighted by atomic mass is 16.7. The van der Waals surface area contributed by atoms with Gasteiger partial charge in [0.15, 0.2) is 0 Å². The maximum absolute atomic E-state index is 12.4. The number of hydrogen-bond donors (Lipinski definition) is 1. The number of ether oxygens (including phenoxy) is 3. The van der Waals surface area contributed by atoms with Crippen LogP contribution >= 0.6 is 0 Å². The second-order valence-corrected chi connectivity index (χ2v) is 13.1. The van der Waals surface area contributed by atoms with Gasteiger partial charge in [-0.1, -0.05) is 13.8 Å². The van der Waals surface area contributed by atoms with Crippen LogP contribution in [-0.2, 0) is 23.8 Å². The monoisotopic (exact) mass is 480 g/mol. The molecule has 4 bridgehead atoms. The molecule has 3 unspecified atom stereocenters. The average molecular weight is 481 g/mol. The molecule has 196 valence electrons. The largest absolute Gasteiger partial charge is 0.459 e. The number of rotatable bonds is 6. The third-order valence-corrected chi connectivity index (χ3v) is 8.90. The minimum atomic E-state index is -0.693. The van der Waals surface area contributed by atoms with Crippen LogP contribution in [0, 0.1) is 22.7 Å². The van der Waals surface area contributed by atoms with Crippen LogP contribution in [-0.4, -0.2) is 40.6 Å². The molecule has 0 radical (unpaired) electrons. The summed E-state index contributed by atoms with van der Waals surface area (Å²) >= 11 is 0. The van der Waals surface area contributed by atoms with E-state index < -0.39 is 22.2 Å². The fraction of sp³-hybridized carbons (Fsp3) is 0.929. The van der Waals surface area contributed by atoms with Gasteiger partial charge in [0.05, 0.1) is 23.0 Å². The Labute approximate surface area is 206 Å². The van der Waals surface area contributed by atoms with Crippen molar-refractivity contribution in [1.82, 2.24) is 0 Å². The zero-order chi connectivity index (χ0) is 25.4. The summed E-state index contributed by atoms with van der Waals surface area (Å²) in [4.78, 5) is 24.2. The standard InChI is InChI=1S/C16H26O3.C12H22O3/c1-4-14(2,3)13(17)19-16-8-11-5-12(9-16)7-15(18,6-11)10-16;1-5-11(2,3)10(13)15-12(4)8-6-7-9-14-12/h11-12,18H,4-10H2,1-3H3;5-9H2,1-4H3. The van der Waals surface area contributed by atoms with Gasteiger partial charge >= 0.3 is 11.9 Å². The Morgan fingerprint density at radius 1 is 0.912 bits per heavy atom. The summed E-state index contributed by atoms with van der Waals surface area (Å²) in [6.07, 6.45) is 10.2. The van der Waals surface area contributed by atoms with Gasteiger partial charge < -0.3 is 19.3 Å². The highest BCUT2D eigenvalue weighted by molar-refractivity contribution is 5.76. The van der Waals surface area contributed by atoms with Gasteiger partial charge in [-0.15, -0.1) is 0 Å². The molecule has 4 saturated carbocycles. The molecule has 0 aromatic carbocycles. The SMILES string of the molecule is CCC(C)(C)C(=O)OC1(C)CCCCO1.CCC(C)(C)C(=O)OC12CC3CC(CC(O)(C3)C1)C2. The van der Waals surface area contributed by atoms with Crippen molar-refractivity contribution >= 4 is 11.9 Å². The van der Waals surface area contributed by atoms with E-state index in [0.29, 0.717) is 24.9 Å². The van der Waals surface area contributed by atoms with Crippen molar-refractivity contribution in [3.05, 3.63) is 0 Å². The predicted octanol–water partition coefficient (Wildman–Crippen LogP) is 5.93. The highest BCUT2D eigenvalue weighted by Crippen LogP contribution is 2.59. The minimum Gasteiger partial charge on any atom is -0.459 e. The molecular formula is C28H48O6. The van der Waals surface area contributed by atoms with Crippen molar-refractivity contribution in [1.29, 1.82) is 0 Å². The van der Waals surface area contributed by atoms with Gasteiger partial charge in [0.1, 0.15) is 5.60 Å². The van der Waals surface area contributed by atoms with E-state index in [0.717, 1.165) is 57.8 Å². The molecule has 0 amide bonds. The first kappa shape index (κ1) is 27.4. The van der Waals surface area contributed by atoms with Crippen LogP contribution in [0.1, 0.15) is 119 Å². The lowest BCUT2D eigenvalue weighted by Gasteiger charge is -2.59. The number of esters is 2. The first-order valence-corrected chi connectivity index (χ1v) is 13.5. The number of carbonyl (C=O) groups excluding carboxylic acids is 2. The number of aliphatic hydroxyl groups is 1. The lowest BCUT2D eigenvalue weighted by molar-refractivity contribution is -0.244. The van der Waals surface area contributed by atoms with Gasteiger partial charge in [0, 0.05) is 19.8 Å². The van der Waals surface area contributed by atoms with E-state index >= 15 is 0 Å². The molecule has 0 aromatic heterocycles. The maximum Gasteiger partial charge on any atom is 0.313 e. The lowest BCUT2D eigenvalue weighted by Crippen LogP contribution is -2.61. The molecule has 5 aliphatic rings. The van der Waals surface area contributed by atoms with Gasteiger partial charge in [-0.05, 0) is 97.3 Å². The molecule has 5 fully saturated rings. The van der Waals surface area contributed by atoms with E-state index in [2.05, 4.69) is 0 Å². The second-order valence-electron chi connectivity index (χ2n) is 13.1. The Kier molecular flexibility index (Phi) is 7.85. The third kappa shape index (κ3) is 6.16. The molecule has 1 heterocycles. The molecule has 1 aliphatic heterocycles. The van der Waals surface area contributed by atoms with Gasteiger partial charge in [-0.25, -0.2) is 0 Å². The smallest absolute Gasteiger partial charge is 0.313 e. The van der Waals surface area contributed by atoms with Crippen molar-refractivity contribution in [2.45, 2.75) is 136 Å². The summed E-state index contributed by atoms with van der Waals surface area (Å²) in [5, 5.41) is 10.6. The fourth-order valence-corrected chi connectivity index (χ4v) is 6.20. The van der Waals surface area contributed by atoms with Crippen molar-refractivity contribution in [3.63, 3.8) is 0 Å².